The summed E-state index contributed by atoms with van der Waals surface area (Å²) in [6.07, 6.45) is 0. The summed E-state index contributed by atoms with van der Waals surface area (Å²) in [5.74, 6) is 0.0601. The molecule has 3 heterocycles. The molecule has 0 bridgehead atoms. The Labute approximate surface area is 634 Å². The van der Waals surface area contributed by atoms with Crippen molar-refractivity contribution in [3.8, 4) is 72.4 Å². The minimum absolute atomic E-state index is 0.0601. The third-order valence-corrected chi connectivity index (χ3v) is 23.1. The number of aromatic nitrogens is 1. The number of hydrogen-bond donors (Lipinski definition) is 0. The van der Waals surface area contributed by atoms with E-state index in [9.17, 15) is 0 Å². The summed E-state index contributed by atoms with van der Waals surface area (Å²) >= 11 is 0. The number of fused-ring (bicyclic) bond motifs is 13. The molecule has 0 saturated heterocycles. The van der Waals surface area contributed by atoms with Crippen molar-refractivity contribution in [1.82, 2.24) is 4.57 Å². The summed E-state index contributed by atoms with van der Waals surface area (Å²) in [7, 11) is 0. The molecular weight excluding hydrogens is 1320 g/mol. The largest absolute Gasteiger partial charge is 0.311 e. The van der Waals surface area contributed by atoms with E-state index in [1.165, 1.54) is 71.7 Å². The molecule has 6 heteroatoms. The fourth-order valence-electron chi connectivity index (χ4n) is 18.5. The van der Waals surface area contributed by atoms with Gasteiger partial charge in [0.05, 0.1) is 33.8 Å². The van der Waals surface area contributed by atoms with Crippen LogP contribution >= 0.6 is 0 Å². The maximum atomic E-state index is 2.67. The number of rotatable bonds is 13. The Kier molecular flexibility index (Phi) is 14.4. The predicted molar refractivity (Wildman–Crippen MR) is 458 cm³/mol. The van der Waals surface area contributed by atoms with Crippen LogP contribution in [0.3, 0.4) is 0 Å². The summed E-state index contributed by atoms with van der Waals surface area (Å²) in [6.45, 7) is -0.261. The molecule has 1 atom stereocenters. The molecule has 4 aliphatic rings. The Morgan fingerprint density at radius 3 is 1.37 bits per heavy atom. The van der Waals surface area contributed by atoms with Gasteiger partial charge in [-0.05, 0) is 186 Å². The fraction of sp³-hybridized carbons (Fsp3) is 0.00971. The third-order valence-electron chi connectivity index (χ3n) is 23.1. The summed E-state index contributed by atoms with van der Waals surface area (Å²) in [5, 5.41) is 2.39. The van der Waals surface area contributed by atoms with Crippen molar-refractivity contribution < 1.29 is 0 Å². The molecule has 0 amide bonds. The highest BCUT2D eigenvalue weighted by Crippen LogP contribution is 2.60. The van der Waals surface area contributed by atoms with Gasteiger partial charge < -0.3 is 24.2 Å². The van der Waals surface area contributed by atoms with Crippen molar-refractivity contribution in [2.24, 2.45) is 0 Å². The van der Waals surface area contributed by atoms with E-state index in [1.807, 2.05) is 0 Å². The van der Waals surface area contributed by atoms with Crippen molar-refractivity contribution in [1.29, 1.82) is 0 Å². The first-order chi connectivity index (χ1) is 54.1. The van der Waals surface area contributed by atoms with Crippen molar-refractivity contribution in [3.05, 3.63) is 423 Å². The fourth-order valence-corrected chi connectivity index (χ4v) is 18.5. The minimum Gasteiger partial charge on any atom is -0.311 e. The van der Waals surface area contributed by atoms with Crippen LogP contribution in [-0.4, -0.2) is 11.3 Å². The molecule has 508 valence electrons. The Morgan fingerprint density at radius 2 is 0.697 bits per heavy atom. The molecule has 0 N–H and O–H groups in total. The Hall–Kier alpha value is -14.2. The van der Waals surface area contributed by atoms with E-state index in [2.05, 4.69) is 431 Å². The SMILES string of the molecule is c1ccc(-c2ccc(N(c3ccc4c(c3)N(c3ccccc3)c3cc(N(c5ccc6c7ccccc7n(-c7ccccc7)c6c5)c5ccccc5-c5ccccc5)cc5c3B4c3cc4c(cc3N5c3ccccc3-c3ccccc3)C3c5ccccc5-c5cccc-4c53)c3ccccc3-c3ccccc3)cc2)cc1. The van der Waals surface area contributed by atoms with Crippen LogP contribution in [0.25, 0.3) is 94.3 Å². The van der Waals surface area contributed by atoms with Crippen LogP contribution in [0.2, 0.25) is 0 Å². The van der Waals surface area contributed by atoms with Gasteiger partial charge in [0.25, 0.3) is 6.71 Å². The van der Waals surface area contributed by atoms with Gasteiger partial charge in [-0.1, -0.05) is 303 Å². The van der Waals surface area contributed by atoms with Crippen LogP contribution in [-0.2, 0) is 0 Å². The monoisotopic (exact) mass is 1390 g/mol. The number of para-hydroxylation sites is 6. The first kappa shape index (κ1) is 62.2. The maximum absolute atomic E-state index is 2.67. The molecule has 18 aromatic rings. The lowest BCUT2D eigenvalue weighted by Gasteiger charge is -2.46. The summed E-state index contributed by atoms with van der Waals surface area (Å²) in [4.78, 5) is 10.3. The summed E-state index contributed by atoms with van der Waals surface area (Å²) < 4.78 is 2.45. The number of hydrogen-bond acceptors (Lipinski definition) is 4. The average Bonchev–Trinajstić information content (AvgIpc) is 1.65. The van der Waals surface area contributed by atoms with Crippen LogP contribution in [0.15, 0.2) is 406 Å². The molecule has 1 unspecified atom stereocenters. The number of benzene rings is 17. The van der Waals surface area contributed by atoms with Gasteiger partial charge in [0.2, 0.25) is 0 Å². The van der Waals surface area contributed by atoms with E-state index in [-0.39, 0.29) is 12.6 Å². The van der Waals surface area contributed by atoms with Gasteiger partial charge in [0, 0.05) is 84.6 Å². The van der Waals surface area contributed by atoms with Gasteiger partial charge in [-0.3, -0.25) is 0 Å². The number of nitrogens with zero attached hydrogens (tertiary/aromatic N) is 5. The lowest BCUT2D eigenvalue weighted by molar-refractivity contribution is 1.05. The lowest BCUT2D eigenvalue weighted by atomic mass is 9.33. The van der Waals surface area contributed by atoms with Gasteiger partial charge in [-0.25, -0.2) is 0 Å². The molecule has 1 aromatic heterocycles. The zero-order valence-electron chi connectivity index (χ0n) is 59.6. The Bertz CT molecular complexity index is 6620. The van der Waals surface area contributed by atoms with E-state index >= 15 is 0 Å². The predicted octanol–water partition coefficient (Wildman–Crippen LogP) is 25.6. The van der Waals surface area contributed by atoms with Crippen LogP contribution < -0.4 is 36.0 Å². The van der Waals surface area contributed by atoms with Crippen molar-refractivity contribution in [2.45, 2.75) is 5.92 Å². The van der Waals surface area contributed by atoms with E-state index < -0.39 is 0 Å². The van der Waals surface area contributed by atoms with Crippen LogP contribution in [0.4, 0.5) is 68.2 Å². The molecule has 0 fully saturated rings. The number of anilines is 12. The van der Waals surface area contributed by atoms with Crippen LogP contribution in [0, 0.1) is 0 Å². The van der Waals surface area contributed by atoms with Crippen molar-refractivity contribution in [3.63, 3.8) is 0 Å². The normalized spacial score (nSPS) is 13.2. The zero-order valence-corrected chi connectivity index (χ0v) is 59.6. The second-order valence-electron chi connectivity index (χ2n) is 29.0. The second-order valence-corrected chi connectivity index (χ2v) is 29.0. The van der Waals surface area contributed by atoms with E-state index in [0.29, 0.717) is 0 Å². The second kappa shape index (κ2) is 25.3. The van der Waals surface area contributed by atoms with Gasteiger partial charge in [0.15, 0.2) is 0 Å². The molecule has 109 heavy (non-hydrogen) atoms. The molecule has 17 aromatic carbocycles. The topological polar surface area (TPSA) is 17.9 Å². The van der Waals surface area contributed by atoms with Gasteiger partial charge >= 0.3 is 0 Å². The van der Waals surface area contributed by atoms with E-state index in [0.717, 1.165) is 124 Å². The highest BCUT2D eigenvalue weighted by molar-refractivity contribution is 7.00. The van der Waals surface area contributed by atoms with Crippen molar-refractivity contribution >= 4 is 113 Å². The maximum Gasteiger partial charge on any atom is 0.252 e. The third kappa shape index (κ3) is 9.89. The van der Waals surface area contributed by atoms with E-state index in [4.69, 9.17) is 0 Å². The lowest BCUT2D eigenvalue weighted by Crippen LogP contribution is -2.61. The standard InChI is InChI=1S/C103H68BN5/c1-7-30-68(31-8-1)69-54-56-75(57-55-69)105(92-50-25-21-42-79(92)70-32-9-2-10-33-70)77-59-61-90-97(63-77)108(74-40-17-6-18-41-74)99-64-78(106(93-51-26-22-43-80(93)71-34-11-3-12-35-71)76-58-60-84-83-46-24-28-53-95(83)107(96(84)62-76)73-38-15-5-16-39-73)65-100-103(99)104(90)91-66-88-87-49-29-48-86-82-45-19-20-47-85(82)102(101(86)87)89(88)67-98(91)109(100)94-52-27-23-44-81(94)72-36-13-4-14-37-72/h1-67,102H. The minimum atomic E-state index is -0.261. The molecule has 0 saturated carbocycles. The molecular formula is C103H68BN5. The quantitative estimate of drug-likeness (QED) is 0.107. The first-order valence-corrected chi connectivity index (χ1v) is 37.8. The molecule has 2 aliphatic heterocycles. The van der Waals surface area contributed by atoms with Gasteiger partial charge in [-0.15, -0.1) is 0 Å². The Morgan fingerprint density at radius 1 is 0.239 bits per heavy atom. The van der Waals surface area contributed by atoms with Gasteiger partial charge in [-0.2, -0.15) is 0 Å². The zero-order chi connectivity index (χ0) is 71.6. The molecule has 0 spiro atoms. The molecule has 0 radical (unpaired) electrons. The van der Waals surface area contributed by atoms with Crippen molar-refractivity contribution in [2.75, 3.05) is 19.6 Å². The molecule has 2 aliphatic carbocycles. The summed E-state index contributed by atoms with van der Waals surface area (Å²) in [6, 6.07) is 152. The Balaban J connectivity index is 0.868. The molecule has 22 rings (SSSR count). The first-order valence-electron chi connectivity index (χ1n) is 37.8. The average molecular weight is 1390 g/mol. The van der Waals surface area contributed by atoms with Crippen LogP contribution in [0.1, 0.15) is 22.6 Å². The smallest absolute Gasteiger partial charge is 0.252 e. The highest BCUT2D eigenvalue weighted by Gasteiger charge is 2.48. The highest BCUT2D eigenvalue weighted by atomic mass is 15.2. The molecule has 5 nitrogen and oxygen atoms in total. The van der Waals surface area contributed by atoms with Crippen LogP contribution in [0.5, 0.6) is 0 Å². The van der Waals surface area contributed by atoms with E-state index in [1.54, 1.807) is 0 Å². The van der Waals surface area contributed by atoms with Gasteiger partial charge in [0.1, 0.15) is 0 Å². The summed E-state index contributed by atoms with van der Waals surface area (Å²) in [5.41, 5.74) is 38.4.